The van der Waals surface area contributed by atoms with Crippen molar-refractivity contribution < 1.29 is 19.5 Å². The molecular formula is C14H19N3O4. The minimum atomic E-state index is -1.06. The number of carboxylic acid groups (broad SMARTS) is 1. The lowest BCUT2D eigenvalue weighted by Gasteiger charge is -2.14. The van der Waals surface area contributed by atoms with Crippen LogP contribution in [0.25, 0.3) is 0 Å². The number of aliphatic carboxylic acids is 1. The van der Waals surface area contributed by atoms with Crippen molar-refractivity contribution in [1.29, 1.82) is 0 Å². The van der Waals surface area contributed by atoms with Crippen LogP contribution in [0.15, 0.2) is 24.3 Å². The van der Waals surface area contributed by atoms with Crippen molar-refractivity contribution in [3.63, 3.8) is 0 Å². The first-order valence-corrected chi connectivity index (χ1v) is 6.60. The predicted molar refractivity (Wildman–Crippen MR) is 79.2 cm³/mol. The molecule has 21 heavy (non-hydrogen) atoms. The molecule has 0 saturated heterocycles. The van der Waals surface area contributed by atoms with Gasteiger partial charge >= 0.3 is 12.0 Å². The number of amides is 3. The lowest BCUT2D eigenvalue weighted by atomic mass is 10.2. The Morgan fingerprint density at radius 3 is 2.05 bits per heavy atom. The number of hydrogen-bond acceptors (Lipinski definition) is 3. The van der Waals surface area contributed by atoms with E-state index < -0.39 is 18.0 Å². The number of carbonyl (C=O) groups is 3. The van der Waals surface area contributed by atoms with E-state index >= 15 is 0 Å². The third kappa shape index (κ3) is 5.94. The van der Waals surface area contributed by atoms with Gasteiger partial charge in [-0.25, -0.2) is 9.59 Å². The minimum Gasteiger partial charge on any atom is -0.480 e. The summed E-state index contributed by atoms with van der Waals surface area (Å²) in [6.45, 7) is 3.25. The molecule has 0 aliphatic heterocycles. The van der Waals surface area contributed by atoms with E-state index in [2.05, 4.69) is 16.0 Å². The van der Waals surface area contributed by atoms with Crippen molar-refractivity contribution in [2.75, 3.05) is 10.6 Å². The van der Waals surface area contributed by atoms with Gasteiger partial charge in [-0.1, -0.05) is 13.3 Å². The number of hydrogen-bond donors (Lipinski definition) is 4. The van der Waals surface area contributed by atoms with Gasteiger partial charge in [0.1, 0.15) is 6.04 Å². The fourth-order valence-corrected chi connectivity index (χ4v) is 1.71. The van der Waals surface area contributed by atoms with E-state index in [0.717, 1.165) is 0 Å². The van der Waals surface area contributed by atoms with Crippen molar-refractivity contribution >= 4 is 29.3 Å². The van der Waals surface area contributed by atoms with Crippen LogP contribution in [0.3, 0.4) is 0 Å². The van der Waals surface area contributed by atoms with Crippen LogP contribution in [-0.4, -0.2) is 29.1 Å². The van der Waals surface area contributed by atoms with Crippen molar-refractivity contribution in [3.05, 3.63) is 24.3 Å². The molecule has 0 saturated carbocycles. The normalized spacial score (nSPS) is 11.3. The van der Waals surface area contributed by atoms with Crippen LogP contribution >= 0.6 is 0 Å². The first-order chi connectivity index (χ1) is 9.92. The number of rotatable bonds is 6. The molecule has 0 radical (unpaired) electrons. The average Bonchev–Trinajstić information content (AvgIpc) is 2.40. The highest BCUT2D eigenvalue weighted by molar-refractivity contribution is 5.93. The van der Waals surface area contributed by atoms with Gasteiger partial charge in [-0.2, -0.15) is 0 Å². The van der Waals surface area contributed by atoms with E-state index in [1.165, 1.54) is 6.92 Å². The first-order valence-electron chi connectivity index (χ1n) is 6.60. The predicted octanol–water partition coefficient (Wildman–Crippen LogP) is 2.02. The molecule has 114 valence electrons. The third-order valence-electron chi connectivity index (χ3n) is 2.64. The van der Waals surface area contributed by atoms with Gasteiger partial charge in [0, 0.05) is 18.3 Å². The zero-order chi connectivity index (χ0) is 15.8. The maximum absolute atomic E-state index is 11.7. The molecule has 1 atom stereocenters. The Hall–Kier alpha value is -2.57. The molecule has 4 N–H and O–H groups in total. The van der Waals surface area contributed by atoms with Crippen molar-refractivity contribution in [1.82, 2.24) is 5.32 Å². The minimum absolute atomic E-state index is 0.183. The molecule has 3 amide bonds. The molecule has 0 aliphatic carbocycles. The van der Waals surface area contributed by atoms with Gasteiger partial charge in [0.15, 0.2) is 0 Å². The molecule has 0 spiro atoms. The molecule has 1 aromatic carbocycles. The van der Waals surface area contributed by atoms with E-state index in [9.17, 15) is 14.4 Å². The number of urea groups is 1. The van der Waals surface area contributed by atoms with Crippen LogP contribution < -0.4 is 16.0 Å². The molecule has 0 fully saturated rings. The highest BCUT2D eigenvalue weighted by atomic mass is 16.4. The second-order valence-electron chi connectivity index (χ2n) is 4.54. The van der Waals surface area contributed by atoms with Gasteiger partial charge in [-0.15, -0.1) is 0 Å². The Morgan fingerprint density at radius 2 is 1.62 bits per heavy atom. The standard InChI is InChI=1S/C14H19N3O4/c1-3-4-12(13(19)20)17-14(21)16-11-7-5-10(6-8-11)15-9(2)18/h5-8,12H,3-4H2,1-2H3,(H,15,18)(H,19,20)(H2,16,17,21)/t12-/m1/s1. The quantitative estimate of drug-likeness (QED) is 0.643. The molecule has 1 rings (SSSR count). The monoisotopic (exact) mass is 293 g/mol. The number of benzene rings is 1. The summed E-state index contributed by atoms with van der Waals surface area (Å²) in [6.07, 6.45) is 1.02. The van der Waals surface area contributed by atoms with Gasteiger partial charge in [0.25, 0.3) is 0 Å². The Balaban J connectivity index is 2.57. The number of anilines is 2. The van der Waals surface area contributed by atoms with Crippen LogP contribution in [0.4, 0.5) is 16.2 Å². The van der Waals surface area contributed by atoms with E-state index in [1.807, 2.05) is 6.92 Å². The maximum Gasteiger partial charge on any atom is 0.326 e. The lowest BCUT2D eigenvalue weighted by molar-refractivity contribution is -0.139. The van der Waals surface area contributed by atoms with Crippen LogP contribution in [0.5, 0.6) is 0 Å². The van der Waals surface area contributed by atoms with Crippen molar-refractivity contribution in [3.8, 4) is 0 Å². The van der Waals surface area contributed by atoms with Gasteiger partial charge in [-0.3, -0.25) is 4.79 Å². The van der Waals surface area contributed by atoms with Gasteiger partial charge in [0.2, 0.25) is 5.91 Å². The van der Waals surface area contributed by atoms with E-state index in [0.29, 0.717) is 24.2 Å². The van der Waals surface area contributed by atoms with Gasteiger partial charge < -0.3 is 21.1 Å². The smallest absolute Gasteiger partial charge is 0.326 e. The molecule has 7 heteroatoms. The van der Waals surface area contributed by atoms with Gasteiger partial charge in [-0.05, 0) is 30.7 Å². The summed E-state index contributed by atoms with van der Waals surface area (Å²) in [4.78, 5) is 33.5. The molecule has 7 nitrogen and oxygen atoms in total. The topological polar surface area (TPSA) is 108 Å². The van der Waals surface area contributed by atoms with Crippen LogP contribution in [-0.2, 0) is 9.59 Å². The Kier molecular flexibility index (Phi) is 6.19. The summed E-state index contributed by atoms with van der Waals surface area (Å²) in [6, 6.07) is 5.01. The van der Waals surface area contributed by atoms with E-state index in [4.69, 9.17) is 5.11 Å². The number of carboxylic acids is 1. The molecule has 0 bridgehead atoms. The maximum atomic E-state index is 11.7. The Morgan fingerprint density at radius 1 is 1.10 bits per heavy atom. The van der Waals surface area contributed by atoms with Crippen LogP contribution in [0.1, 0.15) is 26.7 Å². The summed E-state index contributed by atoms with van der Waals surface area (Å²) < 4.78 is 0. The summed E-state index contributed by atoms with van der Waals surface area (Å²) in [5.74, 6) is -1.25. The Labute approximate surface area is 122 Å². The van der Waals surface area contributed by atoms with Crippen LogP contribution in [0.2, 0.25) is 0 Å². The Bertz CT molecular complexity index is 513. The molecule has 0 aromatic heterocycles. The third-order valence-corrected chi connectivity index (χ3v) is 2.64. The summed E-state index contributed by atoms with van der Waals surface area (Å²) >= 11 is 0. The average molecular weight is 293 g/mol. The van der Waals surface area contributed by atoms with E-state index in [1.54, 1.807) is 24.3 Å². The summed E-state index contributed by atoms with van der Waals surface area (Å²) in [5, 5.41) is 16.5. The zero-order valence-electron chi connectivity index (χ0n) is 12.0. The van der Waals surface area contributed by atoms with E-state index in [-0.39, 0.29) is 5.91 Å². The molecule has 0 unspecified atom stereocenters. The fraction of sp³-hybridized carbons (Fsp3) is 0.357. The van der Waals surface area contributed by atoms with Crippen LogP contribution in [0, 0.1) is 0 Å². The van der Waals surface area contributed by atoms with Crippen molar-refractivity contribution in [2.45, 2.75) is 32.7 Å². The largest absolute Gasteiger partial charge is 0.480 e. The first kappa shape index (κ1) is 16.5. The fourth-order valence-electron chi connectivity index (χ4n) is 1.71. The SMILES string of the molecule is CCC[C@@H](NC(=O)Nc1ccc(NC(C)=O)cc1)C(=O)O. The molecule has 0 aliphatic rings. The summed E-state index contributed by atoms with van der Waals surface area (Å²) in [5.41, 5.74) is 1.12. The van der Waals surface area contributed by atoms with Gasteiger partial charge in [0.05, 0.1) is 0 Å². The second-order valence-corrected chi connectivity index (χ2v) is 4.54. The second kappa shape index (κ2) is 7.88. The lowest BCUT2D eigenvalue weighted by Crippen LogP contribution is -2.42. The highest BCUT2D eigenvalue weighted by Crippen LogP contribution is 2.13. The summed E-state index contributed by atoms with van der Waals surface area (Å²) in [7, 11) is 0. The number of carbonyl (C=O) groups excluding carboxylic acids is 2. The molecule has 0 heterocycles. The molecular weight excluding hydrogens is 274 g/mol. The zero-order valence-corrected chi connectivity index (χ0v) is 12.0. The van der Waals surface area contributed by atoms with Crippen molar-refractivity contribution in [2.24, 2.45) is 0 Å². The molecule has 1 aromatic rings. The number of nitrogens with one attached hydrogen (secondary N) is 3. The highest BCUT2D eigenvalue weighted by Gasteiger charge is 2.18.